The van der Waals surface area contributed by atoms with Crippen molar-refractivity contribution in [1.29, 1.82) is 0 Å². The fraction of sp³-hybridized carbons (Fsp3) is 0.0870. The Morgan fingerprint density at radius 2 is 1.21 bits per heavy atom. The first-order chi connectivity index (χ1) is 13.6. The number of carbonyl (C=O) groups is 3. The van der Waals surface area contributed by atoms with Crippen LogP contribution in [0.1, 0.15) is 26.3 Å². The maximum absolute atomic E-state index is 13.1. The number of fused-ring (bicyclic) bond motifs is 1. The summed E-state index contributed by atoms with van der Waals surface area (Å²) in [5.41, 5.74) is 2.36. The van der Waals surface area contributed by atoms with E-state index in [9.17, 15) is 14.4 Å². The summed E-state index contributed by atoms with van der Waals surface area (Å²) in [6, 6.07) is 25.5. The number of nitrogens with zero attached hydrogens (tertiary/aromatic N) is 2. The quantitative estimate of drug-likeness (QED) is 0.646. The maximum Gasteiger partial charge on any atom is 0.262 e. The molecule has 0 bridgehead atoms. The number of rotatable bonds is 5. The van der Waals surface area contributed by atoms with E-state index in [0.29, 0.717) is 23.4 Å². The number of benzene rings is 3. The Bertz CT molecular complexity index is 997. The predicted octanol–water partition coefficient (Wildman–Crippen LogP) is 3.52. The first kappa shape index (κ1) is 17.7. The lowest BCUT2D eigenvalue weighted by molar-refractivity contribution is -0.119. The monoisotopic (exact) mass is 370 g/mol. The van der Waals surface area contributed by atoms with Gasteiger partial charge in [0.25, 0.3) is 11.8 Å². The Hall–Kier alpha value is -3.73. The van der Waals surface area contributed by atoms with Crippen LogP contribution in [0.5, 0.6) is 0 Å². The normalized spacial score (nSPS) is 12.8. The number of anilines is 1. The van der Waals surface area contributed by atoms with Gasteiger partial charge in [-0.15, -0.1) is 0 Å². The predicted molar refractivity (Wildman–Crippen MR) is 106 cm³/mol. The van der Waals surface area contributed by atoms with Crippen LogP contribution in [0.2, 0.25) is 0 Å². The second-order valence-corrected chi connectivity index (χ2v) is 6.54. The van der Waals surface area contributed by atoms with Crippen molar-refractivity contribution in [3.8, 4) is 0 Å². The number of imide groups is 1. The molecule has 0 unspecified atom stereocenters. The summed E-state index contributed by atoms with van der Waals surface area (Å²) in [7, 11) is 0. The SMILES string of the molecule is O=C1c2ccccc2C(=O)N1CC(=O)N(Cc1ccccc1)c1ccccc1. The average Bonchev–Trinajstić information content (AvgIpc) is 2.98. The number of carbonyl (C=O) groups excluding carboxylic acids is 3. The molecule has 3 amide bonds. The van der Waals surface area contributed by atoms with E-state index in [0.717, 1.165) is 10.5 Å². The highest BCUT2D eigenvalue weighted by Gasteiger charge is 2.37. The third-order valence-corrected chi connectivity index (χ3v) is 4.72. The molecule has 0 radical (unpaired) electrons. The zero-order chi connectivity index (χ0) is 19.5. The Labute approximate surface area is 162 Å². The van der Waals surface area contributed by atoms with Crippen LogP contribution in [0.4, 0.5) is 5.69 Å². The van der Waals surface area contributed by atoms with Crippen LogP contribution in [0, 0.1) is 0 Å². The standard InChI is InChI=1S/C23H18N2O3/c26-21(16-25-22(27)19-13-7-8-14-20(19)23(25)28)24(18-11-5-2-6-12-18)15-17-9-3-1-4-10-17/h1-14H,15-16H2. The van der Waals surface area contributed by atoms with Crippen LogP contribution in [-0.2, 0) is 11.3 Å². The van der Waals surface area contributed by atoms with Gasteiger partial charge in [0.15, 0.2) is 0 Å². The largest absolute Gasteiger partial charge is 0.306 e. The van der Waals surface area contributed by atoms with Crippen molar-refractivity contribution < 1.29 is 14.4 Å². The summed E-state index contributed by atoms with van der Waals surface area (Å²) >= 11 is 0. The highest BCUT2D eigenvalue weighted by atomic mass is 16.2. The topological polar surface area (TPSA) is 57.7 Å². The molecule has 3 aromatic rings. The van der Waals surface area contributed by atoms with Gasteiger partial charge in [-0.05, 0) is 29.8 Å². The van der Waals surface area contributed by atoms with Gasteiger partial charge in [0, 0.05) is 5.69 Å². The van der Waals surface area contributed by atoms with Crippen LogP contribution < -0.4 is 4.90 Å². The molecule has 0 atom stereocenters. The molecule has 0 aromatic heterocycles. The van der Waals surface area contributed by atoms with Gasteiger partial charge in [-0.2, -0.15) is 0 Å². The molecule has 0 saturated heterocycles. The van der Waals surface area contributed by atoms with Gasteiger partial charge >= 0.3 is 0 Å². The molecule has 0 spiro atoms. The lowest BCUT2D eigenvalue weighted by Crippen LogP contribution is -2.42. The molecule has 3 aromatic carbocycles. The summed E-state index contributed by atoms with van der Waals surface area (Å²) in [6.45, 7) is 0.0565. The van der Waals surface area contributed by atoms with E-state index in [-0.39, 0.29) is 12.5 Å². The molecule has 0 N–H and O–H groups in total. The third kappa shape index (κ3) is 3.30. The van der Waals surface area contributed by atoms with Crippen molar-refractivity contribution in [3.63, 3.8) is 0 Å². The summed E-state index contributed by atoms with van der Waals surface area (Å²) < 4.78 is 0. The molecule has 1 aliphatic rings. The van der Waals surface area contributed by atoms with E-state index >= 15 is 0 Å². The number of hydrogen-bond donors (Lipinski definition) is 0. The van der Waals surface area contributed by atoms with Crippen molar-refractivity contribution >= 4 is 23.4 Å². The second kappa shape index (κ2) is 7.48. The van der Waals surface area contributed by atoms with Gasteiger partial charge in [0.05, 0.1) is 17.7 Å². The molecular weight excluding hydrogens is 352 g/mol. The van der Waals surface area contributed by atoms with E-state index in [1.54, 1.807) is 29.2 Å². The highest BCUT2D eigenvalue weighted by molar-refractivity contribution is 6.22. The molecule has 4 rings (SSSR count). The third-order valence-electron chi connectivity index (χ3n) is 4.72. The maximum atomic E-state index is 13.1. The van der Waals surface area contributed by atoms with Crippen molar-refractivity contribution in [2.24, 2.45) is 0 Å². The molecule has 1 heterocycles. The minimum Gasteiger partial charge on any atom is -0.306 e. The Morgan fingerprint density at radius 3 is 1.79 bits per heavy atom. The fourth-order valence-electron chi connectivity index (χ4n) is 3.30. The second-order valence-electron chi connectivity index (χ2n) is 6.54. The van der Waals surface area contributed by atoms with Crippen LogP contribution in [0.3, 0.4) is 0 Å². The molecule has 5 nitrogen and oxygen atoms in total. The van der Waals surface area contributed by atoms with Gasteiger partial charge in [0.2, 0.25) is 5.91 Å². The van der Waals surface area contributed by atoms with Gasteiger partial charge in [-0.1, -0.05) is 60.7 Å². The van der Waals surface area contributed by atoms with Gasteiger partial charge < -0.3 is 4.90 Å². The van der Waals surface area contributed by atoms with E-state index < -0.39 is 11.8 Å². The molecular formula is C23H18N2O3. The van der Waals surface area contributed by atoms with Crippen molar-refractivity contribution in [2.75, 3.05) is 11.4 Å². The summed E-state index contributed by atoms with van der Waals surface area (Å²) in [5.74, 6) is -1.17. The Balaban J connectivity index is 1.60. The minimum atomic E-state index is -0.429. The first-order valence-corrected chi connectivity index (χ1v) is 9.00. The molecule has 1 aliphatic heterocycles. The molecule has 138 valence electrons. The van der Waals surface area contributed by atoms with E-state index in [1.807, 2.05) is 60.7 Å². The Kier molecular flexibility index (Phi) is 4.72. The van der Waals surface area contributed by atoms with Gasteiger partial charge in [-0.25, -0.2) is 0 Å². The summed E-state index contributed by atoms with van der Waals surface area (Å²) in [5, 5.41) is 0. The smallest absolute Gasteiger partial charge is 0.262 e. The van der Waals surface area contributed by atoms with E-state index in [2.05, 4.69) is 0 Å². The number of para-hydroxylation sites is 1. The van der Waals surface area contributed by atoms with E-state index in [4.69, 9.17) is 0 Å². The fourth-order valence-corrected chi connectivity index (χ4v) is 3.30. The highest BCUT2D eigenvalue weighted by Crippen LogP contribution is 2.24. The van der Waals surface area contributed by atoms with Crippen molar-refractivity contribution in [2.45, 2.75) is 6.54 Å². The zero-order valence-electron chi connectivity index (χ0n) is 15.1. The average molecular weight is 370 g/mol. The minimum absolute atomic E-state index is 0.298. The summed E-state index contributed by atoms with van der Waals surface area (Å²) in [4.78, 5) is 40.9. The van der Waals surface area contributed by atoms with E-state index in [1.165, 1.54) is 0 Å². The zero-order valence-corrected chi connectivity index (χ0v) is 15.1. The molecule has 5 heteroatoms. The van der Waals surface area contributed by atoms with Crippen LogP contribution in [0.15, 0.2) is 84.9 Å². The van der Waals surface area contributed by atoms with Crippen LogP contribution >= 0.6 is 0 Å². The number of hydrogen-bond acceptors (Lipinski definition) is 3. The first-order valence-electron chi connectivity index (χ1n) is 9.00. The number of amides is 3. The molecule has 0 saturated carbocycles. The molecule has 28 heavy (non-hydrogen) atoms. The lowest BCUT2D eigenvalue weighted by Gasteiger charge is -2.25. The summed E-state index contributed by atoms with van der Waals surface area (Å²) in [6.07, 6.45) is 0. The van der Waals surface area contributed by atoms with Crippen LogP contribution in [-0.4, -0.2) is 29.2 Å². The lowest BCUT2D eigenvalue weighted by atomic mass is 10.1. The molecule has 0 fully saturated rings. The van der Waals surface area contributed by atoms with Gasteiger partial charge in [-0.3, -0.25) is 19.3 Å². The van der Waals surface area contributed by atoms with Gasteiger partial charge in [0.1, 0.15) is 6.54 Å². The molecule has 0 aliphatic carbocycles. The van der Waals surface area contributed by atoms with Crippen molar-refractivity contribution in [1.82, 2.24) is 4.90 Å². The van der Waals surface area contributed by atoms with Crippen molar-refractivity contribution in [3.05, 3.63) is 102 Å². The Morgan fingerprint density at radius 1 is 0.714 bits per heavy atom. The van der Waals surface area contributed by atoms with Crippen LogP contribution in [0.25, 0.3) is 0 Å².